The van der Waals surface area contributed by atoms with Crippen molar-refractivity contribution in [3.63, 3.8) is 0 Å². The Balaban J connectivity index is 1.51. The summed E-state index contributed by atoms with van der Waals surface area (Å²) in [7, 11) is 0. The molecule has 2 aliphatic heterocycles. The molecule has 1 atom stereocenters. The predicted molar refractivity (Wildman–Crippen MR) is 82.8 cm³/mol. The highest BCUT2D eigenvalue weighted by Crippen LogP contribution is 2.21. The van der Waals surface area contributed by atoms with Gasteiger partial charge in [-0.2, -0.15) is 5.10 Å². The van der Waals surface area contributed by atoms with Gasteiger partial charge in [0, 0.05) is 31.7 Å². The monoisotopic (exact) mass is 292 g/mol. The largest absolute Gasteiger partial charge is 0.328 e. The fourth-order valence-corrected chi connectivity index (χ4v) is 3.55. The lowest BCUT2D eigenvalue weighted by Gasteiger charge is -2.34. The quantitative estimate of drug-likeness (QED) is 0.865. The highest BCUT2D eigenvalue weighted by molar-refractivity contribution is 4.91. The highest BCUT2D eigenvalue weighted by atomic mass is 15.4. The lowest BCUT2D eigenvalue weighted by atomic mass is 10.0. The van der Waals surface area contributed by atoms with Crippen LogP contribution in [-0.4, -0.2) is 62.8 Å². The zero-order chi connectivity index (χ0) is 14.7. The van der Waals surface area contributed by atoms with Crippen molar-refractivity contribution in [1.82, 2.24) is 24.6 Å². The Labute approximate surface area is 127 Å². The molecule has 0 aliphatic carbocycles. The van der Waals surface area contributed by atoms with E-state index in [1.165, 1.54) is 26.1 Å². The predicted octanol–water partition coefficient (Wildman–Crippen LogP) is 0.686. The molecule has 2 N–H and O–H groups in total. The molecule has 3 heterocycles. The molecule has 1 aromatic rings. The van der Waals surface area contributed by atoms with E-state index >= 15 is 0 Å². The van der Waals surface area contributed by atoms with Gasteiger partial charge < -0.3 is 5.73 Å². The summed E-state index contributed by atoms with van der Waals surface area (Å²) in [5.74, 6) is 1.11. The van der Waals surface area contributed by atoms with Gasteiger partial charge in [0.05, 0.1) is 6.54 Å². The fraction of sp³-hybridized carbons (Fsp3) is 0.867. The summed E-state index contributed by atoms with van der Waals surface area (Å²) in [5.41, 5.74) is 6.00. The molecule has 6 nitrogen and oxygen atoms in total. The molecule has 0 aromatic carbocycles. The van der Waals surface area contributed by atoms with Gasteiger partial charge in [-0.15, -0.1) is 0 Å². The number of aryl methyl sites for hydroxylation is 1. The molecule has 0 bridgehead atoms. The van der Waals surface area contributed by atoms with E-state index in [9.17, 15) is 0 Å². The Morgan fingerprint density at radius 1 is 1.24 bits per heavy atom. The maximum atomic E-state index is 6.00. The Kier molecular flexibility index (Phi) is 4.87. The van der Waals surface area contributed by atoms with E-state index in [-0.39, 0.29) is 0 Å². The first-order valence-corrected chi connectivity index (χ1v) is 8.35. The zero-order valence-corrected chi connectivity index (χ0v) is 13.1. The molecule has 1 unspecified atom stereocenters. The second-order valence-corrected chi connectivity index (χ2v) is 6.45. The van der Waals surface area contributed by atoms with Crippen molar-refractivity contribution < 1.29 is 0 Å². The Morgan fingerprint density at radius 3 is 2.81 bits per heavy atom. The molecule has 0 spiro atoms. The van der Waals surface area contributed by atoms with Crippen molar-refractivity contribution >= 4 is 0 Å². The van der Waals surface area contributed by atoms with Crippen LogP contribution in [-0.2, 0) is 13.1 Å². The van der Waals surface area contributed by atoms with Crippen LogP contribution < -0.4 is 5.73 Å². The SMILES string of the molecule is CCCn1ncnc1CN1CCC(N2CCC(N)CC2)C1. The summed E-state index contributed by atoms with van der Waals surface area (Å²) in [6.07, 6.45) is 6.37. The van der Waals surface area contributed by atoms with Gasteiger partial charge in [-0.1, -0.05) is 6.92 Å². The van der Waals surface area contributed by atoms with Crippen LogP contribution >= 0.6 is 0 Å². The smallest absolute Gasteiger partial charge is 0.141 e. The van der Waals surface area contributed by atoms with Gasteiger partial charge in [0.25, 0.3) is 0 Å². The standard InChI is InChI=1S/C15H28N6/c1-2-6-21-15(17-12-18-21)11-19-7-5-14(10-19)20-8-3-13(16)4-9-20/h12-14H,2-11,16H2,1H3. The first-order chi connectivity index (χ1) is 10.3. The fourth-order valence-electron chi connectivity index (χ4n) is 3.55. The van der Waals surface area contributed by atoms with Crippen molar-refractivity contribution in [2.24, 2.45) is 5.73 Å². The van der Waals surface area contributed by atoms with Crippen LogP contribution in [0.4, 0.5) is 0 Å². The van der Waals surface area contributed by atoms with Crippen molar-refractivity contribution in [2.45, 2.75) is 57.8 Å². The van der Waals surface area contributed by atoms with E-state index in [1.54, 1.807) is 6.33 Å². The number of hydrogen-bond donors (Lipinski definition) is 1. The van der Waals surface area contributed by atoms with Gasteiger partial charge in [0.1, 0.15) is 12.2 Å². The van der Waals surface area contributed by atoms with Crippen LogP contribution in [0.25, 0.3) is 0 Å². The molecule has 2 fully saturated rings. The molecule has 3 rings (SSSR count). The average molecular weight is 292 g/mol. The van der Waals surface area contributed by atoms with Crippen LogP contribution in [0.5, 0.6) is 0 Å². The molecule has 0 amide bonds. The second-order valence-electron chi connectivity index (χ2n) is 6.45. The Morgan fingerprint density at radius 2 is 2.05 bits per heavy atom. The van der Waals surface area contributed by atoms with Crippen LogP contribution in [0.3, 0.4) is 0 Å². The summed E-state index contributed by atoms with van der Waals surface area (Å²) in [6, 6.07) is 1.13. The first-order valence-electron chi connectivity index (χ1n) is 8.35. The zero-order valence-electron chi connectivity index (χ0n) is 13.1. The molecular formula is C15H28N6. The molecule has 2 saturated heterocycles. The lowest BCUT2D eigenvalue weighted by Crippen LogP contribution is -2.46. The summed E-state index contributed by atoms with van der Waals surface area (Å²) in [5, 5.41) is 4.32. The number of aromatic nitrogens is 3. The van der Waals surface area contributed by atoms with Gasteiger partial charge >= 0.3 is 0 Å². The number of hydrogen-bond acceptors (Lipinski definition) is 5. The highest BCUT2D eigenvalue weighted by Gasteiger charge is 2.30. The number of likely N-dealkylation sites (tertiary alicyclic amines) is 2. The minimum atomic E-state index is 0.423. The van der Waals surface area contributed by atoms with Crippen molar-refractivity contribution in [3.8, 4) is 0 Å². The van der Waals surface area contributed by atoms with Crippen LogP contribution in [0.2, 0.25) is 0 Å². The summed E-state index contributed by atoms with van der Waals surface area (Å²) in [4.78, 5) is 9.59. The van der Waals surface area contributed by atoms with E-state index in [2.05, 4.69) is 26.8 Å². The lowest BCUT2D eigenvalue weighted by molar-refractivity contribution is 0.151. The van der Waals surface area contributed by atoms with Crippen molar-refractivity contribution in [1.29, 1.82) is 0 Å². The third kappa shape index (κ3) is 3.62. The molecule has 6 heteroatoms. The Bertz CT molecular complexity index is 437. The van der Waals surface area contributed by atoms with Gasteiger partial charge in [-0.3, -0.25) is 9.80 Å². The van der Waals surface area contributed by atoms with Crippen molar-refractivity contribution in [2.75, 3.05) is 26.2 Å². The summed E-state index contributed by atoms with van der Waals surface area (Å²) < 4.78 is 2.05. The number of nitrogens with two attached hydrogens (primary N) is 1. The maximum absolute atomic E-state index is 6.00. The number of rotatable bonds is 5. The number of nitrogens with zero attached hydrogens (tertiary/aromatic N) is 5. The molecular weight excluding hydrogens is 264 g/mol. The van der Waals surface area contributed by atoms with Crippen LogP contribution in [0.15, 0.2) is 6.33 Å². The van der Waals surface area contributed by atoms with E-state index in [0.29, 0.717) is 12.1 Å². The van der Waals surface area contributed by atoms with E-state index in [1.807, 2.05) is 4.68 Å². The minimum absolute atomic E-state index is 0.423. The van der Waals surface area contributed by atoms with Gasteiger partial charge in [0.15, 0.2) is 0 Å². The van der Waals surface area contributed by atoms with Crippen molar-refractivity contribution in [3.05, 3.63) is 12.2 Å². The first kappa shape index (κ1) is 14.9. The summed E-state index contributed by atoms with van der Waals surface area (Å²) in [6.45, 7) is 8.76. The molecule has 0 saturated carbocycles. The summed E-state index contributed by atoms with van der Waals surface area (Å²) >= 11 is 0. The third-order valence-electron chi connectivity index (χ3n) is 4.83. The topological polar surface area (TPSA) is 63.2 Å². The van der Waals surface area contributed by atoms with E-state index < -0.39 is 0 Å². The van der Waals surface area contributed by atoms with Crippen LogP contribution in [0, 0.1) is 0 Å². The second kappa shape index (κ2) is 6.85. The normalized spacial score (nSPS) is 25.7. The molecule has 1 aromatic heterocycles. The minimum Gasteiger partial charge on any atom is -0.328 e. The van der Waals surface area contributed by atoms with Gasteiger partial charge in [-0.25, -0.2) is 9.67 Å². The van der Waals surface area contributed by atoms with Gasteiger partial charge in [-0.05, 0) is 38.8 Å². The van der Waals surface area contributed by atoms with Crippen LogP contribution in [0.1, 0.15) is 38.4 Å². The van der Waals surface area contributed by atoms with E-state index in [0.717, 1.165) is 44.7 Å². The van der Waals surface area contributed by atoms with Gasteiger partial charge in [0.2, 0.25) is 0 Å². The molecule has 118 valence electrons. The molecule has 2 aliphatic rings. The molecule has 21 heavy (non-hydrogen) atoms. The molecule has 0 radical (unpaired) electrons. The maximum Gasteiger partial charge on any atom is 0.141 e. The van der Waals surface area contributed by atoms with E-state index in [4.69, 9.17) is 5.73 Å². The number of piperidine rings is 1. The third-order valence-corrected chi connectivity index (χ3v) is 4.83. The average Bonchev–Trinajstić information content (AvgIpc) is 3.11. The Hall–Kier alpha value is -0.980.